The van der Waals surface area contributed by atoms with Crippen molar-refractivity contribution in [1.29, 1.82) is 0 Å². The minimum atomic E-state index is -3.64. The van der Waals surface area contributed by atoms with Crippen LogP contribution in [0.4, 0.5) is 5.69 Å². The van der Waals surface area contributed by atoms with E-state index >= 15 is 0 Å². The summed E-state index contributed by atoms with van der Waals surface area (Å²) in [7, 11) is -3.64. The van der Waals surface area contributed by atoms with Gasteiger partial charge in [-0.05, 0) is 36.4 Å². The number of anilines is 1. The summed E-state index contributed by atoms with van der Waals surface area (Å²) in [5, 5.41) is 1.90. The van der Waals surface area contributed by atoms with Crippen molar-refractivity contribution in [3.63, 3.8) is 0 Å². The van der Waals surface area contributed by atoms with Crippen molar-refractivity contribution >= 4 is 43.0 Å². The molecule has 1 aromatic heterocycles. The number of thiazole rings is 1. The van der Waals surface area contributed by atoms with E-state index in [1.807, 2.05) is 5.38 Å². The Morgan fingerprint density at radius 1 is 1.17 bits per heavy atom. The molecule has 5 nitrogen and oxygen atoms in total. The standard InChI is InChI=1S/C16H13BrN2O3S2/c17-12-4-6-16(7-5-12)24(20,21)19-13-2-1-3-15(8-13)22-9-14-10-23-11-18-14/h1-8,10-11,19H,9H2. The molecular formula is C16H13BrN2O3S2. The van der Waals surface area contributed by atoms with Gasteiger partial charge in [-0.1, -0.05) is 22.0 Å². The Kier molecular flexibility index (Phi) is 5.17. The second-order valence-corrected chi connectivity index (χ2v) is 8.17. The van der Waals surface area contributed by atoms with E-state index in [0.29, 0.717) is 18.0 Å². The summed E-state index contributed by atoms with van der Waals surface area (Å²) in [6.45, 7) is 0.340. The molecule has 0 amide bonds. The average molecular weight is 425 g/mol. The van der Waals surface area contributed by atoms with Crippen molar-refractivity contribution in [3.05, 3.63) is 69.6 Å². The van der Waals surface area contributed by atoms with Crippen LogP contribution in [0.1, 0.15) is 5.69 Å². The van der Waals surface area contributed by atoms with Gasteiger partial charge in [-0.15, -0.1) is 11.3 Å². The van der Waals surface area contributed by atoms with Crippen LogP contribution < -0.4 is 9.46 Å². The molecule has 0 unspecified atom stereocenters. The third-order valence-electron chi connectivity index (χ3n) is 3.08. The van der Waals surface area contributed by atoms with Gasteiger partial charge in [0.25, 0.3) is 10.0 Å². The number of aromatic nitrogens is 1. The highest BCUT2D eigenvalue weighted by atomic mass is 79.9. The fraction of sp³-hybridized carbons (Fsp3) is 0.0625. The van der Waals surface area contributed by atoms with Crippen molar-refractivity contribution in [3.8, 4) is 5.75 Å². The predicted molar refractivity (Wildman–Crippen MR) is 97.8 cm³/mol. The van der Waals surface area contributed by atoms with Crippen LogP contribution >= 0.6 is 27.3 Å². The smallest absolute Gasteiger partial charge is 0.261 e. The molecule has 124 valence electrons. The van der Waals surface area contributed by atoms with Crippen LogP contribution in [0, 0.1) is 0 Å². The Balaban J connectivity index is 1.72. The molecule has 3 aromatic rings. The topological polar surface area (TPSA) is 68.3 Å². The molecule has 0 bridgehead atoms. The van der Waals surface area contributed by atoms with Crippen molar-refractivity contribution in [2.45, 2.75) is 11.5 Å². The van der Waals surface area contributed by atoms with Crippen LogP contribution in [0.15, 0.2) is 68.8 Å². The molecule has 0 aliphatic heterocycles. The first kappa shape index (κ1) is 16.9. The van der Waals surface area contributed by atoms with Crippen LogP contribution in [0.3, 0.4) is 0 Å². The van der Waals surface area contributed by atoms with Gasteiger partial charge >= 0.3 is 0 Å². The van der Waals surface area contributed by atoms with Gasteiger partial charge in [0, 0.05) is 15.9 Å². The SMILES string of the molecule is O=S(=O)(Nc1cccc(OCc2cscn2)c1)c1ccc(Br)cc1. The van der Waals surface area contributed by atoms with E-state index in [9.17, 15) is 8.42 Å². The molecule has 0 atom stereocenters. The fourth-order valence-electron chi connectivity index (χ4n) is 1.94. The Bertz CT molecular complexity index is 911. The predicted octanol–water partition coefficient (Wildman–Crippen LogP) is 4.29. The van der Waals surface area contributed by atoms with Gasteiger partial charge in [-0.3, -0.25) is 4.72 Å². The lowest BCUT2D eigenvalue weighted by Gasteiger charge is -2.10. The molecule has 3 rings (SSSR count). The Morgan fingerprint density at radius 3 is 2.67 bits per heavy atom. The first-order chi connectivity index (χ1) is 11.5. The summed E-state index contributed by atoms with van der Waals surface area (Å²) in [6.07, 6.45) is 0. The summed E-state index contributed by atoms with van der Waals surface area (Å²) in [5.74, 6) is 0.569. The van der Waals surface area contributed by atoms with Crippen molar-refractivity contribution in [2.24, 2.45) is 0 Å². The first-order valence-corrected chi connectivity index (χ1v) is 10.1. The minimum Gasteiger partial charge on any atom is -0.487 e. The third kappa shape index (κ3) is 4.34. The number of nitrogens with one attached hydrogen (secondary N) is 1. The van der Waals surface area contributed by atoms with E-state index in [-0.39, 0.29) is 4.90 Å². The fourth-order valence-corrected chi connectivity index (χ4v) is 3.80. The van der Waals surface area contributed by atoms with Crippen LogP contribution in [0.2, 0.25) is 0 Å². The Hall–Kier alpha value is -1.90. The minimum absolute atomic E-state index is 0.194. The second kappa shape index (κ2) is 7.33. The molecule has 0 saturated carbocycles. The third-order valence-corrected chi connectivity index (χ3v) is 5.64. The highest BCUT2D eigenvalue weighted by Crippen LogP contribution is 2.22. The summed E-state index contributed by atoms with van der Waals surface area (Å²) in [5.41, 5.74) is 3.01. The maximum atomic E-state index is 12.4. The van der Waals surface area contributed by atoms with Gasteiger partial charge in [0.1, 0.15) is 12.4 Å². The van der Waals surface area contributed by atoms with Crippen molar-refractivity contribution in [1.82, 2.24) is 4.98 Å². The second-order valence-electron chi connectivity index (χ2n) is 4.86. The van der Waals surface area contributed by atoms with Crippen LogP contribution in [-0.4, -0.2) is 13.4 Å². The van der Waals surface area contributed by atoms with E-state index in [1.54, 1.807) is 41.9 Å². The lowest BCUT2D eigenvalue weighted by atomic mass is 10.3. The van der Waals surface area contributed by atoms with Crippen molar-refractivity contribution < 1.29 is 13.2 Å². The molecule has 0 fully saturated rings. The van der Waals surface area contributed by atoms with E-state index in [0.717, 1.165) is 10.2 Å². The summed E-state index contributed by atoms with van der Waals surface area (Å²) in [4.78, 5) is 4.33. The molecular weight excluding hydrogens is 412 g/mol. The molecule has 1 heterocycles. The van der Waals surface area contributed by atoms with Crippen LogP contribution in [0.5, 0.6) is 5.75 Å². The Labute approximate surface area is 152 Å². The maximum absolute atomic E-state index is 12.4. The number of hydrogen-bond acceptors (Lipinski definition) is 5. The summed E-state index contributed by atoms with van der Waals surface area (Å²) >= 11 is 4.78. The quantitative estimate of drug-likeness (QED) is 0.640. The van der Waals surface area contributed by atoms with Crippen molar-refractivity contribution in [2.75, 3.05) is 4.72 Å². The Morgan fingerprint density at radius 2 is 1.96 bits per heavy atom. The molecule has 0 radical (unpaired) electrons. The van der Waals surface area contributed by atoms with Gasteiger partial charge in [0.05, 0.1) is 21.8 Å². The number of benzene rings is 2. The van der Waals surface area contributed by atoms with Crippen LogP contribution in [-0.2, 0) is 16.6 Å². The van der Waals surface area contributed by atoms with E-state index in [1.165, 1.54) is 23.5 Å². The maximum Gasteiger partial charge on any atom is 0.261 e. The number of nitrogens with zero attached hydrogens (tertiary/aromatic N) is 1. The molecule has 2 aromatic carbocycles. The van der Waals surface area contributed by atoms with Gasteiger partial charge in [0.15, 0.2) is 0 Å². The van der Waals surface area contributed by atoms with Crippen LogP contribution in [0.25, 0.3) is 0 Å². The number of sulfonamides is 1. The number of ether oxygens (including phenoxy) is 1. The molecule has 24 heavy (non-hydrogen) atoms. The number of halogens is 1. The zero-order valence-electron chi connectivity index (χ0n) is 12.3. The van der Waals surface area contributed by atoms with Gasteiger partial charge < -0.3 is 4.74 Å². The molecule has 8 heteroatoms. The van der Waals surface area contributed by atoms with E-state index in [2.05, 4.69) is 25.6 Å². The monoisotopic (exact) mass is 424 g/mol. The van der Waals surface area contributed by atoms with E-state index in [4.69, 9.17) is 4.74 Å². The molecule has 0 aliphatic carbocycles. The highest BCUT2D eigenvalue weighted by Gasteiger charge is 2.14. The lowest BCUT2D eigenvalue weighted by molar-refractivity contribution is 0.302. The normalized spacial score (nSPS) is 11.2. The molecule has 0 aliphatic rings. The highest BCUT2D eigenvalue weighted by molar-refractivity contribution is 9.10. The largest absolute Gasteiger partial charge is 0.487 e. The summed E-state index contributed by atoms with van der Waals surface area (Å²) in [6, 6.07) is 13.3. The number of rotatable bonds is 6. The van der Waals surface area contributed by atoms with Gasteiger partial charge in [-0.25, -0.2) is 13.4 Å². The zero-order chi connectivity index (χ0) is 17.0. The average Bonchev–Trinajstić information content (AvgIpc) is 3.07. The first-order valence-electron chi connectivity index (χ1n) is 6.91. The molecule has 1 N–H and O–H groups in total. The lowest BCUT2D eigenvalue weighted by Crippen LogP contribution is -2.12. The zero-order valence-corrected chi connectivity index (χ0v) is 15.6. The van der Waals surface area contributed by atoms with E-state index < -0.39 is 10.0 Å². The molecule has 0 saturated heterocycles. The van der Waals surface area contributed by atoms with Gasteiger partial charge in [0.2, 0.25) is 0 Å². The number of hydrogen-bond donors (Lipinski definition) is 1. The summed E-state index contributed by atoms with van der Waals surface area (Å²) < 4.78 is 33.8. The van der Waals surface area contributed by atoms with Gasteiger partial charge in [-0.2, -0.15) is 0 Å². The molecule has 0 spiro atoms.